The average molecular weight is 432 g/mol. The zero-order valence-electron chi connectivity index (χ0n) is 17.0. The summed E-state index contributed by atoms with van der Waals surface area (Å²) in [5.74, 6) is 1.11. The fourth-order valence-electron chi connectivity index (χ4n) is 2.91. The summed E-state index contributed by atoms with van der Waals surface area (Å²) in [7, 11) is 0. The molecule has 1 amide bonds. The highest BCUT2D eigenvalue weighted by Crippen LogP contribution is 2.29. The van der Waals surface area contributed by atoms with Gasteiger partial charge in [-0.15, -0.1) is 0 Å². The van der Waals surface area contributed by atoms with Gasteiger partial charge in [0.15, 0.2) is 11.5 Å². The molecule has 8 heteroatoms. The van der Waals surface area contributed by atoms with Crippen molar-refractivity contribution in [3.8, 4) is 11.5 Å². The van der Waals surface area contributed by atoms with Gasteiger partial charge in [0.25, 0.3) is 5.91 Å². The van der Waals surface area contributed by atoms with E-state index in [9.17, 15) is 4.79 Å². The smallest absolute Gasteiger partial charge is 0.254 e. The third-order valence-electron chi connectivity index (χ3n) is 4.45. The summed E-state index contributed by atoms with van der Waals surface area (Å²) in [5.41, 5.74) is 4.37. The van der Waals surface area contributed by atoms with Crippen LogP contribution in [0.15, 0.2) is 47.6 Å². The molecule has 1 aliphatic rings. The Hall–Kier alpha value is -2.61. The van der Waals surface area contributed by atoms with E-state index in [1.807, 2.05) is 54.3 Å². The van der Waals surface area contributed by atoms with Crippen LogP contribution in [0, 0.1) is 0 Å². The van der Waals surface area contributed by atoms with Crippen LogP contribution in [-0.4, -0.2) is 56.5 Å². The number of amides is 1. The van der Waals surface area contributed by atoms with E-state index in [1.54, 1.807) is 6.21 Å². The number of rotatable bonds is 9. The number of morpholine rings is 1. The third-order valence-corrected chi connectivity index (χ3v) is 4.70. The molecule has 3 rings (SSSR count). The van der Waals surface area contributed by atoms with Crippen molar-refractivity contribution in [2.24, 2.45) is 5.10 Å². The minimum absolute atomic E-state index is 0.152. The summed E-state index contributed by atoms with van der Waals surface area (Å²) in [5, 5.41) is 4.74. The first-order valence-electron chi connectivity index (χ1n) is 9.90. The summed E-state index contributed by atoms with van der Waals surface area (Å²) in [6, 6.07) is 13.0. The Morgan fingerprint density at radius 3 is 2.67 bits per heavy atom. The van der Waals surface area contributed by atoms with Crippen molar-refractivity contribution in [2.75, 3.05) is 39.5 Å². The minimum atomic E-state index is -0.152. The number of benzene rings is 2. The molecule has 0 atom stereocenters. The van der Waals surface area contributed by atoms with E-state index in [4.69, 9.17) is 25.8 Å². The standard InChI is InChI=1S/C22H26ClN3O4/c1-2-29-21-13-18(14-24-25-22(27)15-26-9-11-28-12-10-26)5-8-20(21)30-16-17-3-6-19(23)7-4-17/h3-8,13-14H,2,9-12,15-16H2,1H3,(H,25,27)/b24-14+. The number of nitrogens with zero attached hydrogens (tertiary/aromatic N) is 2. The van der Waals surface area contributed by atoms with E-state index in [1.165, 1.54) is 0 Å². The molecule has 0 saturated carbocycles. The molecule has 0 aliphatic carbocycles. The summed E-state index contributed by atoms with van der Waals surface area (Å²) in [6.07, 6.45) is 1.59. The second-order valence-corrected chi connectivity index (χ2v) is 7.17. The zero-order chi connectivity index (χ0) is 21.2. The summed E-state index contributed by atoms with van der Waals surface area (Å²) in [4.78, 5) is 14.0. The van der Waals surface area contributed by atoms with Gasteiger partial charge in [-0.1, -0.05) is 23.7 Å². The van der Waals surface area contributed by atoms with Gasteiger partial charge in [0.1, 0.15) is 6.61 Å². The highest BCUT2D eigenvalue weighted by molar-refractivity contribution is 6.30. The topological polar surface area (TPSA) is 72.4 Å². The Kier molecular flexibility index (Phi) is 8.50. The number of carbonyl (C=O) groups excluding carboxylic acids is 1. The lowest BCUT2D eigenvalue weighted by Gasteiger charge is -2.25. The number of carbonyl (C=O) groups is 1. The predicted molar refractivity (Wildman–Crippen MR) is 116 cm³/mol. The molecule has 1 saturated heterocycles. The van der Waals surface area contributed by atoms with Gasteiger partial charge in [-0.05, 0) is 48.4 Å². The van der Waals surface area contributed by atoms with Crippen LogP contribution in [0.2, 0.25) is 5.02 Å². The first-order chi connectivity index (χ1) is 14.6. The predicted octanol–water partition coefficient (Wildman–Crippen LogP) is 3.10. The molecule has 0 aromatic heterocycles. The molecule has 7 nitrogen and oxygen atoms in total. The van der Waals surface area contributed by atoms with Gasteiger partial charge in [-0.3, -0.25) is 9.69 Å². The van der Waals surface area contributed by atoms with E-state index in [-0.39, 0.29) is 5.91 Å². The fourth-order valence-corrected chi connectivity index (χ4v) is 3.04. The molecule has 1 N–H and O–H groups in total. The summed E-state index contributed by atoms with van der Waals surface area (Å²) < 4.78 is 16.9. The average Bonchev–Trinajstić information content (AvgIpc) is 2.75. The normalized spacial score (nSPS) is 14.6. The van der Waals surface area contributed by atoms with Crippen molar-refractivity contribution < 1.29 is 19.0 Å². The van der Waals surface area contributed by atoms with Crippen molar-refractivity contribution in [2.45, 2.75) is 13.5 Å². The summed E-state index contributed by atoms with van der Waals surface area (Å²) in [6.45, 7) is 5.96. The van der Waals surface area contributed by atoms with Gasteiger partial charge in [0, 0.05) is 18.1 Å². The lowest BCUT2D eigenvalue weighted by molar-refractivity contribution is -0.123. The van der Waals surface area contributed by atoms with Crippen molar-refractivity contribution in [3.05, 3.63) is 58.6 Å². The van der Waals surface area contributed by atoms with Crippen LogP contribution < -0.4 is 14.9 Å². The largest absolute Gasteiger partial charge is 0.490 e. The Balaban J connectivity index is 1.55. The van der Waals surface area contributed by atoms with E-state index >= 15 is 0 Å². The number of hydrogen-bond acceptors (Lipinski definition) is 6. The SMILES string of the molecule is CCOc1cc(/C=N/NC(=O)CN2CCOCC2)ccc1OCc1ccc(Cl)cc1. The second kappa shape index (κ2) is 11.5. The van der Waals surface area contributed by atoms with Gasteiger partial charge < -0.3 is 14.2 Å². The van der Waals surface area contributed by atoms with Crippen molar-refractivity contribution in [1.29, 1.82) is 0 Å². The highest BCUT2D eigenvalue weighted by Gasteiger charge is 2.13. The van der Waals surface area contributed by atoms with Crippen LogP contribution in [0.1, 0.15) is 18.1 Å². The second-order valence-electron chi connectivity index (χ2n) is 6.74. The Bertz CT molecular complexity index is 852. The molecule has 160 valence electrons. The molecule has 2 aromatic carbocycles. The van der Waals surface area contributed by atoms with Gasteiger partial charge >= 0.3 is 0 Å². The van der Waals surface area contributed by atoms with Crippen molar-refractivity contribution >= 4 is 23.7 Å². The number of hydrazone groups is 1. The molecular weight excluding hydrogens is 406 g/mol. The lowest BCUT2D eigenvalue weighted by Crippen LogP contribution is -2.42. The van der Waals surface area contributed by atoms with Crippen molar-refractivity contribution in [1.82, 2.24) is 10.3 Å². The Labute approximate surface area is 181 Å². The molecule has 1 fully saturated rings. The quantitative estimate of drug-likeness (QED) is 0.488. The number of ether oxygens (including phenoxy) is 3. The summed E-state index contributed by atoms with van der Waals surface area (Å²) >= 11 is 5.92. The maximum Gasteiger partial charge on any atom is 0.254 e. The van der Waals surface area contributed by atoms with Gasteiger partial charge in [-0.25, -0.2) is 5.43 Å². The number of hydrogen-bond donors (Lipinski definition) is 1. The third kappa shape index (κ3) is 7.02. The van der Waals surface area contributed by atoms with E-state index in [2.05, 4.69) is 10.5 Å². The van der Waals surface area contributed by atoms with E-state index in [0.29, 0.717) is 49.5 Å². The molecule has 1 heterocycles. The van der Waals surface area contributed by atoms with Crippen LogP contribution in [-0.2, 0) is 16.1 Å². The van der Waals surface area contributed by atoms with Crippen LogP contribution in [0.5, 0.6) is 11.5 Å². The Morgan fingerprint density at radius 2 is 1.93 bits per heavy atom. The highest BCUT2D eigenvalue weighted by atomic mass is 35.5. The molecule has 30 heavy (non-hydrogen) atoms. The van der Waals surface area contributed by atoms with Crippen molar-refractivity contribution in [3.63, 3.8) is 0 Å². The molecule has 2 aromatic rings. The first-order valence-corrected chi connectivity index (χ1v) is 10.3. The maximum absolute atomic E-state index is 12.0. The monoisotopic (exact) mass is 431 g/mol. The van der Waals surface area contributed by atoms with Gasteiger partial charge in [0.05, 0.1) is 32.6 Å². The first kappa shape index (κ1) is 22.1. The number of nitrogens with one attached hydrogen (secondary N) is 1. The number of halogens is 1. The maximum atomic E-state index is 12.0. The van der Waals surface area contributed by atoms with E-state index in [0.717, 1.165) is 24.2 Å². The van der Waals surface area contributed by atoms with Crippen LogP contribution in [0.25, 0.3) is 0 Å². The van der Waals surface area contributed by atoms with Crippen LogP contribution in [0.4, 0.5) is 0 Å². The zero-order valence-corrected chi connectivity index (χ0v) is 17.7. The molecule has 0 bridgehead atoms. The minimum Gasteiger partial charge on any atom is -0.490 e. The molecular formula is C22H26ClN3O4. The Morgan fingerprint density at radius 1 is 1.17 bits per heavy atom. The van der Waals surface area contributed by atoms with Gasteiger partial charge in [0.2, 0.25) is 0 Å². The molecule has 0 spiro atoms. The van der Waals surface area contributed by atoms with Crippen LogP contribution >= 0.6 is 11.6 Å². The molecule has 0 radical (unpaired) electrons. The lowest BCUT2D eigenvalue weighted by atomic mass is 10.2. The van der Waals surface area contributed by atoms with Gasteiger partial charge in [-0.2, -0.15) is 5.10 Å². The van der Waals surface area contributed by atoms with E-state index < -0.39 is 0 Å². The van der Waals surface area contributed by atoms with Crippen LogP contribution in [0.3, 0.4) is 0 Å². The fraction of sp³-hybridized carbons (Fsp3) is 0.364. The molecule has 0 unspecified atom stereocenters. The molecule has 1 aliphatic heterocycles.